The second kappa shape index (κ2) is 8.15. The van der Waals surface area contributed by atoms with Gasteiger partial charge in [0.05, 0.1) is 11.1 Å². The lowest BCUT2D eigenvalue weighted by Gasteiger charge is -2.25. The summed E-state index contributed by atoms with van der Waals surface area (Å²) in [5.74, 6) is 2.35. The summed E-state index contributed by atoms with van der Waals surface area (Å²) in [5.41, 5.74) is 10.4. The van der Waals surface area contributed by atoms with Gasteiger partial charge in [-0.3, -0.25) is 14.8 Å². The molecule has 0 saturated carbocycles. The lowest BCUT2D eigenvalue weighted by Crippen LogP contribution is -2.29. The fourth-order valence-electron chi connectivity index (χ4n) is 4.30. The summed E-state index contributed by atoms with van der Waals surface area (Å²) in [5, 5.41) is 10.6. The van der Waals surface area contributed by atoms with Crippen molar-refractivity contribution in [2.75, 3.05) is 12.8 Å². The average molecular weight is 397 g/mol. The first-order valence-corrected chi connectivity index (χ1v) is 10.2. The largest absolute Gasteiger partial charge is 0.398 e. The summed E-state index contributed by atoms with van der Waals surface area (Å²) < 4.78 is 1.82. The first-order valence-electron chi connectivity index (χ1n) is 10.2. The summed E-state index contributed by atoms with van der Waals surface area (Å²) >= 11 is 0. The predicted octanol–water partition coefficient (Wildman–Crippen LogP) is 3.90. The van der Waals surface area contributed by atoms with Crippen LogP contribution in [0.3, 0.4) is 0 Å². The lowest BCUT2D eigenvalue weighted by molar-refractivity contribution is 0.445. The molecule has 0 bridgehead atoms. The van der Waals surface area contributed by atoms with E-state index in [-0.39, 0.29) is 18.3 Å². The highest BCUT2D eigenvalue weighted by molar-refractivity contribution is 6.67. The van der Waals surface area contributed by atoms with E-state index >= 15 is 0 Å². The molecule has 30 heavy (non-hydrogen) atoms. The number of nitrogens with zero attached hydrogens (tertiary/aromatic N) is 4. The van der Waals surface area contributed by atoms with Gasteiger partial charge in [0, 0.05) is 54.5 Å². The van der Waals surface area contributed by atoms with Crippen LogP contribution in [0.25, 0.3) is 22.0 Å². The van der Waals surface area contributed by atoms with Gasteiger partial charge < -0.3 is 10.3 Å². The Balaban J connectivity index is 1.72. The van der Waals surface area contributed by atoms with Gasteiger partial charge in [0.2, 0.25) is 0 Å². The van der Waals surface area contributed by atoms with Gasteiger partial charge in [-0.2, -0.15) is 0 Å². The second-order valence-corrected chi connectivity index (χ2v) is 8.00. The number of rotatable bonds is 3. The van der Waals surface area contributed by atoms with E-state index in [4.69, 9.17) is 11.0 Å². The number of nitriles is 1. The van der Waals surface area contributed by atoms with Crippen LogP contribution >= 0.6 is 0 Å². The Kier molecular flexibility index (Phi) is 5.41. The van der Waals surface area contributed by atoms with Crippen molar-refractivity contribution >= 4 is 29.4 Å². The zero-order valence-electron chi connectivity index (χ0n) is 17.3. The topological polar surface area (TPSA) is 97.1 Å². The average Bonchev–Trinajstić information content (AvgIpc) is 2.77. The molecule has 3 heterocycles. The number of anilines is 1. The molecule has 3 aromatic rings. The molecule has 0 atom stereocenters. The summed E-state index contributed by atoms with van der Waals surface area (Å²) in [6.07, 6.45) is 8.72. The first-order chi connectivity index (χ1) is 14.5. The fraction of sp³-hybridized carbons (Fsp3) is 0.304. The third kappa shape index (κ3) is 3.61. The Morgan fingerprint density at radius 3 is 2.80 bits per heavy atom. The van der Waals surface area contributed by atoms with Gasteiger partial charge in [-0.15, -0.1) is 0 Å². The third-order valence-electron chi connectivity index (χ3n) is 6.07. The summed E-state index contributed by atoms with van der Waals surface area (Å²) in [4.78, 5) is 21.7. The molecule has 0 aliphatic carbocycles. The molecular weight excluding hydrogens is 373 g/mol. The molecule has 0 radical (unpaired) electrons. The van der Waals surface area contributed by atoms with Crippen LogP contribution in [0, 0.1) is 18.2 Å². The third-order valence-corrected chi connectivity index (χ3v) is 6.07. The molecule has 2 aromatic heterocycles. The first kappa shape index (κ1) is 19.9. The number of hydrogen-bond donors (Lipinski definition) is 1. The summed E-state index contributed by atoms with van der Waals surface area (Å²) in [6.45, 7) is 2.08. The fourth-order valence-corrected chi connectivity index (χ4v) is 4.30. The molecule has 1 fully saturated rings. The van der Waals surface area contributed by atoms with Crippen LogP contribution in [0.2, 0.25) is 12.6 Å². The molecule has 1 aliphatic heterocycles. The molecule has 0 spiro atoms. The van der Waals surface area contributed by atoms with E-state index in [0.717, 1.165) is 53.3 Å². The zero-order valence-corrected chi connectivity index (χ0v) is 17.3. The van der Waals surface area contributed by atoms with Crippen LogP contribution in [-0.2, 0) is 0 Å². The Morgan fingerprint density at radius 1 is 1.33 bits per heavy atom. The Bertz CT molecular complexity index is 1230. The van der Waals surface area contributed by atoms with Crippen LogP contribution in [-0.4, -0.2) is 29.5 Å². The standard InChI is InChI=1S/C23H24BN5O/c1-15-9-17(10-18(12-27-2)22(15)26)21-11-16-5-8-29(23(30)20(16)13-28-21)19-3-6-24(14-25)7-4-19/h5,8-13,19H,3-4,6-7,26H2,1-2H3. The van der Waals surface area contributed by atoms with E-state index in [1.54, 1.807) is 19.5 Å². The Morgan fingerprint density at radius 2 is 2.10 bits per heavy atom. The van der Waals surface area contributed by atoms with E-state index in [1.165, 1.54) is 0 Å². The number of aryl methyl sites for hydroxylation is 1. The van der Waals surface area contributed by atoms with E-state index < -0.39 is 0 Å². The van der Waals surface area contributed by atoms with Crippen molar-refractivity contribution in [1.29, 1.82) is 5.26 Å². The highest BCUT2D eigenvalue weighted by atomic mass is 16.1. The van der Waals surface area contributed by atoms with Crippen LogP contribution in [0.1, 0.15) is 30.0 Å². The van der Waals surface area contributed by atoms with Gasteiger partial charge in [0.1, 0.15) is 0 Å². The van der Waals surface area contributed by atoms with E-state index in [9.17, 15) is 4.79 Å². The Hall–Kier alpha value is -3.40. The van der Waals surface area contributed by atoms with Gasteiger partial charge in [-0.05, 0) is 55.0 Å². The van der Waals surface area contributed by atoms with Gasteiger partial charge in [-0.25, -0.2) is 5.26 Å². The normalized spacial score (nSPS) is 15.0. The maximum Gasteiger partial charge on any atom is 0.268 e. The quantitative estimate of drug-likeness (QED) is 0.412. The second-order valence-electron chi connectivity index (χ2n) is 8.00. The monoisotopic (exact) mass is 397 g/mol. The number of benzene rings is 1. The minimum absolute atomic E-state index is 0.0146. The molecule has 1 saturated heterocycles. The summed E-state index contributed by atoms with van der Waals surface area (Å²) in [6, 6.07) is 8.06. The van der Waals surface area contributed by atoms with Crippen molar-refractivity contribution < 1.29 is 0 Å². The number of hydrogen-bond acceptors (Lipinski definition) is 5. The number of aliphatic imine (C=N–C) groups is 1. The van der Waals surface area contributed by atoms with E-state index in [1.807, 2.05) is 42.0 Å². The molecule has 7 heteroatoms. The molecule has 150 valence electrons. The molecule has 0 unspecified atom stereocenters. The molecule has 6 nitrogen and oxygen atoms in total. The van der Waals surface area contributed by atoms with Crippen molar-refractivity contribution in [3.05, 3.63) is 58.1 Å². The minimum Gasteiger partial charge on any atom is -0.398 e. The molecule has 2 N–H and O–H groups in total. The van der Waals surface area contributed by atoms with Gasteiger partial charge >= 0.3 is 0 Å². The van der Waals surface area contributed by atoms with Crippen molar-refractivity contribution in [3.8, 4) is 17.2 Å². The molecule has 1 aliphatic rings. The van der Waals surface area contributed by atoms with Gasteiger partial charge in [-0.1, -0.05) is 12.6 Å². The molecule has 1 aromatic carbocycles. The van der Waals surface area contributed by atoms with Crippen molar-refractivity contribution in [2.45, 2.75) is 38.4 Å². The van der Waals surface area contributed by atoms with Crippen LogP contribution in [0.5, 0.6) is 0 Å². The van der Waals surface area contributed by atoms with Gasteiger partial charge in [0.25, 0.3) is 12.3 Å². The SMILES string of the molecule is CN=Cc1cc(-c2cc3ccn(C4CCB(C#N)CC4)c(=O)c3cn2)cc(C)c1N. The number of fused-ring (bicyclic) bond motifs is 1. The van der Waals surface area contributed by atoms with Crippen LogP contribution in [0.15, 0.2) is 46.4 Å². The van der Waals surface area contributed by atoms with Crippen molar-refractivity contribution in [1.82, 2.24) is 9.55 Å². The molecule has 4 rings (SSSR count). The summed E-state index contributed by atoms with van der Waals surface area (Å²) in [7, 11) is 1.72. The lowest BCUT2D eigenvalue weighted by atomic mass is 9.42. The van der Waals surface area contributed by atoms with Crippen molar-refractivity contribution in [2.24, 2.45) is 4.99 Å². The predicted molar refractivity (Wildman–Crippen MR) is 123 cm³/mol. The molecular formula is C23H24BN5O. The Labute approximate surface area is 176 Å². The highest BCUT2D eigenvalue weighted by Gasteiger charge is 2.26. The highest BCUT2D eigenvalue weighted by Crippen LogP contribution is 2.30. The maximum absolute atomic E-state index is 13.1. The number of nitrogens with two attached hydrogens (primary N) is 1. The van der Waals surface area contributed by atoms with E-state index in [2.05, 4.69) is 15.9 Å². The smallest absolute Gasteiger partial charge is 0.268 e. The van der Waals surface area contributed by atoms with Crippen LogP contribution in [0.4, 0.5) is 5.69 Å². The molecule has 0 amide bonds. The minimum atomic E-state index is -0.0146. The van der Waals surface area contributed by atoms with Gasteiger partial charge in [0.15, 0.2) is 0 Å². The number of aromatic nitrogens is 2. The zero-order chi connectivity index (χ0) is 21.3. The number of pyridine rings is 2. The van der Waals surface area contributed by atoms with E-state index in [0.29, 0.717) is 11.1 Å². The number of nitrogen functional groups attached to an aromatic ring is 1. The van der Waals surface area contributed by atoms with Crippen LogP contribution < -0.4 is 11.3 Å². The van der Waals surface area contributed by atoms with Crippen molar-refractivity contribution in [3.63, 3.8) is 0 Å². The maximum atomic E-state index is 13.1.